The lowest BCUT2D eigenvalue weighted by Crippen LogP contribution is -2.35. The van der Waals surface area contributed by atoms with E-state index in [0.29, 0.717) is 0 Å². The fraction of sp³-hybridized carbons (Fsp3) is 0.615. The number of hydrogen-bond donors (Lipinski definition) is 1. The number of aryl methyl sites for hydroxylation is 1. The van der Waals surface area contributed by atoms with E-state index in [1.165, 1.54) is 25.9 Å². The molecule has 1 aromatic heterocycles. The molecule has 1 aromatic rings. The van der Waals surface area contributed by atoms with Crippen LogP contribution in [0.2, 0.25) is 0 Å². The van der Waals surface area contributed by atoms with Crippen molar-refractivity contribution in [3.8, 4) is 0 Å². The van der Waals surface area contributed by atoms with Crippen LogP contribution in [-0.2, 0) is 0 Å². The first-order valence-electron chi connectivity index (χ1n) is 6.09. The minimum absolute atomic E-state index is 0.778. The van der Waals surface area contributed by atoms with Crippen molar-refractivity contribution >= 4 is 5.69 Å². The molecule has 1 N–H and O–H groups in total. The van der Waals surface area contributed by atoms with Crippen LogP contribution in [0.4, 0.5) is 5.69 Å². The van der Waals surface area contributed by atoms with E-state index in [-0.39, 0.29) is 0 Å². The van der Waals surface area contributed by atoms with Gasteiger partial charge >= 0.3 is 0 Å². The molecule has 0 spiro atoms. The number of aromatic nitrogens is 1. The minimum Gasteiger partial charge on any atom is -0.383 e. The summed E-state index contributed by atoms with van der Waals surface area (Å²) in [5, 5.41) is 3.47. The maximum atomic E-state index is 4.28. The Labute approximate surface area is 97.9 Å². The molecule has 88 valence electrons. The molecule has 2 heterocycles. The number of piperidine rings is 1. The fourth-order valence-corrected chi connectivity index (χ4v) is 2.27. The van der Waals surface area contributed by atoms with Gasteiger partial charge in [0.15, 0.2) is 0 Å². The van der Waals surface area contributed by atoms with Crippen molar-refractivity contribution in [1.82, 2.24) is 9.88 Å². The van der Waals surface area contributed by atoms with Crippen molar-refractivity contribution < 1.29 is 0 Å². The van der Waals surface area contributed by atoms with Gasteiger partial charge in [0.05, 0.1) is 11.9 Å². The van der Waals surface area contributed by atoms with E-state index in [9.17, 15) is 0 Å². The molecule has 0 aromatic carbocycles. The standard InChI is InChI=1S/C13H21N3/c1-11-5-6-13(9-14-11)15-8-12-4-3-7-16(2)10-12/h5-6,9,12,15H,3-4,7-8,10H2,1-2H3. The maximum Gasteiger partial charge on any atom is 0.0527 e. The molecule has 1 saturated heterocycles. The van der Waals surface area contributed by atoms with Gasteiger partial charge in [-0.3, -0.25) is 4.98 Å². The van der Waals surface area contributed by atoms with Crippen LogP contribution in [0.15, 0.2) is 18.3 Å². The van der Waals surface area contributed by atoms with Crippen molar-refractivity contribution in [3.05, 3.63) is 24.0 Å². The third-order valence-corrected chi connectivity index (χ3v) is 3.23. The van der Waals surface area contributed by atoms with Gasteiger partial charge in [0.25, 0.3) is 0 Å². The summed E-state index contributed by atoms with van der Waals surface area (Å²) in [4.78, 5) is 6.70. The van der Waals surface area contributed by atoms with Crippen LogP contribution in [0.1, 0.15) is 18.5 Å². The van der Waals surface area contributed by atoms with E-state index >= 15 is 0 Å². The number of rotatable bonds is 3. The molecule has 1 atom stereocenters. The number of anilines is 1. The molecule has 1 aliphatic heterocycles. The SMILES string of the molecule is Cc1ccc(NCC2CCCN(C)C2)cn1. The second-order valence-electron chi connectivity index (χ2n) is 4.84. The van der Waals surface area contributed by atoms with Gasteiger partial charge < -0.3 is 10.2 Å². The van der Waals surface area contributed by atoms with Crippen molar-refractivity contribution in [3.63, 3.8) is 0 Å². The lowest BCUT2D eigenvalue weighted by Gasteiger charge is -2.29. The highest BCUT2D eigenvalue weighted by atomic mass is 15.1. The van der Waals surface area contributed by atoms with E-state index in [4.69, 9.17) is 0 Å². The van der Waals surface area contributed by atoms with Crippen molar-refractivity contribution in [1.29, 1.82) is 0 Å². The predicted molar refractivity (Wildman–Crippen MR) is 67.7 cm³/mol. The molecule has 0 aliphatic carbocycles. The summed E-state index contributed by atoms with van der Waals surface area (Å²) in [6, 6.07) is 4.16. The largest absolute Gasteiger partial charge is 0.383 e. The van der Waals surface area contributed by atoms with Gasteiger partial charge in [-0.1, -0.05) is 0 Å². The van der Waals surface area contributed by atoms with Gasteiger partial charge in [-0.25, -0.2) is 0 Å². The molecule has 1 unspecified atom stereocenters. The Bertz CT molecular complexity index is 320. The quantitative estimate of drug-likeness (QED) is 0.844. The molecule has 3 heteroatoms. The van der Waals surface area contributed by atoms with E-state index in [1.54, 1.807) is 0 Å². The summed E-state index contributed by atoms with van der Waals surface area (Å²) in [6.07, 6.45) is 4.59. The summed E-state index contributed by atoms with van der Waals surface area (Å²) in [5.74, 6) is 0.778. The van der Waals surface area contributed by atoms with Gasteiger partial charge in [0.2, 0.25) is 0 Å². The molecule has 0 radical (unpaired) electrons. The normalized spacial score (nSPS) is 22.0. The van der Waals surface area contributed by atoms with Crippen molar-refractivity contribution in [2.24, 2.45) is 5.92 Å². The molecule has 0 amide bonds. The molecular formula is C13H21N3. The topological polar surface area (TPSA) is 28.2 Å². The lowest BCUT2D eigenvalue weighted by molar-refractivity contribution is 0.217. The second kappa shape index (κ2) is 5.30. The van der Waals surface area contributed by atoms with E-state index in [0.717, 1.165) is 23.8 Å². The summed E-state index contributed by atoms with van der Waals surface area (Å²) < 4.78 is 0. The zero-order valence-corrected chi connectivity index (χ0v) is 10.2. The Morgan fingerprint density at radius 3 is 3.06 bits per heavy atom. The second-order valence-corrected chi connectivity index (χ2v) is 4.84. The Kier molecular flexibility index (Phi) is 3.78. The smallest absolute Gasteiger partial charge is 0.0527 e. The molecule has 1 aliphatic rings. The van der Waals surface area contributed by atoms with Crippen LogP contribution in [0.3, 0.4) is 0 Å². The Balaban J connectivity index is 1.80. The monoisotopic (exact) mass is 219 g/mol. The van der Waals surface area contributed by atoms with Gasteiger partial charge in [-0.05, 0) is 51.4 Å². The number of likely N-dealkylation sites (tertiary alicyclic amines) is 1. The highest BCUT2D eigenvalue weighted by molar-refractivity contribution is 5.40. The van der Waals surface area contributed by atoms with Gasteiger partial charge in [-0.15, -0.1) is 0 Å². The Hall–Kier alpha value is -1.09. The minimum atomic E-state index is 0.778. The van der Waals surface area contributed by atoms with Crippen LogP contribution in [0.25, 0.3) is 0 Å². The molecule has 0 bridgehead atoms. The molecule has 1 fully saturated rings. The number of pyridine rings is 1. The van der Waals surface area contributed by atoms with Crippen molar-refractivity contribution in [2.45, 2.75) is 19.8 Å². The first-order valence-corrected chi connectivity index (χ1v) is 6.09. The average molecular weight is 219 g/mol. The first kappa shape index (κ1) is 11.4. The summed E-state index contributed by atoms with van der Waals surface area (Å²) in [5.41, 5.74) is 2.21. The first-order chi connectivity index (χ1) is 7.74. The molecule has 3 nitrogen and oxygen atoms in total. The van der Waals surface area contributed by atoms with Crippen LogP contribution < -0.4 is 5.32 Å². The molecular weight excluding hydrogens is 198 g/mol. The highest BCUT2D eigenvalue weighted by Gasteiger charge is 2.16. The highest BCUT2D eigenvalue weighted by Crippen LogP contribution is 2.16. The Morgan fingerprint density at radius 2 is 2.38 bits per heavy atom. The Morgan fingerprint density at radius 1 is 1.50 bits per heavy atom. The molecule has 16 heavy (non-hydrogen) atoms. The average Bonchev–Trinajstić information content (AvgIpc) is 2.28. The maximum absolute atomic E-state index is 4.28. The van der Waals surface area contributed by atoms with Crippen LogP contribution in [0, 0.1) is 12.8 Å². The third kappa shape index (κ3) is 3.20. The zero-order valence-electron chi connectivity index (χ0n) is 10.2. The van der Waals surface area contributed by atoms with Crippen molar-refractivity contribution in [2.75, 3.05) is 32.0 Å². The van der Waals surface area contributed by atoms with Crippen LogP contribution in [0.5, 0.6) is 0 Å². The van der Waals surface area contributed by atoms with Crippen LogP contribution >= 0.6 is 0 Å². The molecule has 2 rings (SSSR count). The summed E-state index contributed by atoms with van der Waals surface area (Å²) >= 11 is 0. The van der Waals surface area contributed by atoms with E-state index in [1.807, 2.05) is 13.1 Å². The lowest BCUT2D eigenvalue weighted by atomic mass is 9.98. The molecule has 0 saturated carbocycles. The third-order valence-electron chi connectivity index (χ3n) is 3.23. The summed E-state index contributed by atoms with van der Waals surface area (Å²) in [7, 11) is 2.21. The van der Waals surface area contributed by atoms with Crippen LogP contribution in [-0.4, -0.2) is 36.6 Å². The van der Waals surface area contributed by atoms with Gasteiger partial charge in [0.1, 0.15) is 0 Å². The van der Waals surface area contributed by atoms with Gasteiger partial charge in [-0.2, -0.15) is 0 Å². The van der Waals surface area contributed by atoms with E-state index < -0.39 is 0 Å². The van der Waals surface area contributed by atoms with E-state index in [2.05, 4.69) is 34.4 Å². The zero-order chi connectivity index (χ0) is 11.4. The number of nitrogens with zero attached hydrogens (tertiary/aromatic N) is 2. The predicted octanol–water partition coefficient (Wildman–Crippen LogP) is 2.14. The number of hydrogen-bond acceptors (Lipinski definition) is 3. The fourth-order valence-electron chi connectivity index (χ4n) is 2.27. The number of nitrogens with one attached hydrogen (secondary N) is 1. The summed E-state index contributed by atoms with van der Waals surface area (Å²) in [6.45, 7) is 5.55. The van der Waals surface area contributed by atoms with Gasteiger partial charge in [0, 0.05) is 18.8 Å².